The Morgan fingerprint density at radius 3 is 3.00 bits per heavy atom. The molecule has 0 bridgehead atoms. The van der Waals surface area contributed by atoms with E-state index in [0.29, 0.717) is 12.4 Å². The van der Waals surface area contributed by atoms with Gasteiger partial charge < -0.3 is 9.67 Å². The highest BCUT2D eigenvalue weighted by Crippen LogP contribution is 2.02. The highest BCUT2D eigenvalue weighted by Gasteiger charge is 2.05. The topological polar surface area (TPSA) is 68.8 Å². The number of aryl methyl sites for hydroxylation is 1. The molecular weight excluding hydrogens is 182 g/mol. The van der Waals surface area contributed by atoms with Gasteiger partial charge in [-0.05, 0) is 6.07 Å². The highest BCUT2D eigenvalue weighted by atomic mass is 16.3. The summed E-state index contributed by atoms with van der Waals surface area (Å²) in [6, 6.07) is 1.92. The van der Waals surface area contributed by atoms with Crippen molar-refractivity contribution in [3.8, 4) is 0 Å². The van der Waals surface area contributed by atoms with Crippen molar-refractivity contribution in [2.75, 3.05) is 0 Å². The molecule has 0 aromatic carbocycles. The number of hydrogen-bond donors (Lipinski definition) is 1. The Morgan fingerprint density at radius 1 is 1.50 bits per heavy atom. The molecule has 0 saturated heterocycles. The fourth-order valence-corrected chi connectivity index (χ4v) is 1.26. The normalized spacial score (nSPS) is 10.7. The third-order valence-electron chi connectivity index (χ3n) is 2.09. The van der Waals surface area contributed by atoms with Gasteiger partial charge in [0.15, 0.2) is 5.82 Å². The predicted molar refractivity (Wildman–Crippen MR) is 48.3 cm³/mol. The number of rotatable bonds is 3. The maximum Gasteiger partial charge on any atom is 0.158 e. The lowest BCUT2D eigenvalue weighted by molar-refractivity contribution is 0.265. The molecule has 0 fully saturated rings. The number of aromatic nitrogens is 5. The predicted octanol–water partition coefficient (Wildman–Crippen LogP) is -0.448. The van der Waals surface area contributed by atoms with Crippen LogP contribution >= 0.6 is 0 Å². The third kappa shape index (κ3) is 1.51. The van der Waals surface area contributed by atoms with Crippen LogP contribution in [0.25, 0.3) is 0 Å². The van der Waals surface area contributed by atoms with E-state index in [1.165, 1.54) is 0 Å². The van der Waals surface area contributed by atoms with Crippen molar-refractivity contribution in [1.29, 1.82) is 0 Å². The summed E-state index contributed by atoms with van der Waals surface area (Å²) in [4.78, 5) is 0. The molecule has 0 spiro atoms. The van der Waals surface area contributed by atoms with Crippen molar-refractivity contribution in [3.05, 3.63) is 30.1 Å². The lowest BCUT2D eigenvalue weighted by Gasteiger charge is -2.04. The van der Waals surface area contributed by atoms with Crippen molar-refractivity contribution in [2.45, 2.75) is 13.2 Å². The van der Waals surface area contributed by atoms with E-state index in [-0.39, 0.29) is 6.61 Å². The smallest absolute Gasteiger partial charge is 0.158 e. The molecule has 0 unspecified atom stereocenters. The summed E-state index contributed by atoms with van der Waals surface area (Å²) in [7, 11) is 1.87. The first kappa shape index (κ1) is 8.89. The molecule has 14 heavy (non-hydrogen) atoms. The van der Waals surface area contributed by atoms with Crippen LogP contribution in [0, 0.1) is 0 Å². The molecule has 2 aromatic heterocycles. The Morgan fingerprint density at radius 2 is 2.36 bits per heavy atom. The van der Waals surface area contributed by atoms with Crippen LogP contribution in [0.1, 0.15) is 11.5 Å². The van der Waals surface area contributed by atoms with Crippen molar-refractivity contribution in [1.82, 2.24) is 24.5 Å². The molecular formula is C8H11N5O. The summed E-state index contributed by atoms with van der Waals surface area (Å²) in [5.74, 6) is 0.561. The minimum atomic E-state index is -0.0994. The SMILES string of the molecule is Cn1nccc1Cn1cnnc1CO. The molecule has 0 aliphatic carbocycles. The van der Waals surface area contributed by atoms with Gasteiger partial charge in [-0.2, -0.15) is 5.10 Å². The van der Waals surface area contributed by atoms with Crippen molar-refractivity contribution < 1.29 is 5.11 Å². The van der Waals surface area contributed by atoms with E-state index >= 15 is 0 Å². The average molecular weight is 193 g/mol. The zero-order valence-corrected chi connectivity index (χ0v) is 7.83. The standard InChI is InChI=1S/C8H11N5O/c1-12-7(2-3-10-12)4-13-6-9-11-8(13)5-14/h2-3,6,14H,4-5H2,1H3. The van der Waals surface area contributed by atoms with Gasteiger partial charge in [-0.15, -0.1) is 10.2 Å². The monoisotopic (exact) mass is 193 g/mol. The number of nitrogens with zero attached hydrogens (tertiary/aromatic N) is 5. The van der Waals surface area contributed by atoms with Gasteiger partial charge in [0.25, 0.3) is 0 Å². The lowest BCUT2D eigenvalue weighted by Crippen LogP contribution is -2.08. The summed E-state index contributed by atoms with van der Waals surface area (Å²) < 4.78 is 3.57. The van der Waals surface area contributed by atoms with Crippen LogP contribution in [0.15, 0.2) is 18.6 Å². The van der Waals surface area contributed by atoms with E-state index in [9.17, 15) is 0 Å². The second-order valence-corrected chi connectivity index (χ2v) is 2.98. The van der Waals surface area contributed by atoms with Crippen LogP contribution in [-0.4, -0.2) is 29.7 Å². The Balaban J connectivity index is 2.22. The van der Waals surface area contributed by atoms with Gasteiger partial charge in [0.05, 0.1) is 12.2 Å². The molecule has 0 saturated carbocycles. The van der Waals surface area contributed by atoms with Gasteiger partial charge in [-0.25, -0.2) is 0 Å². The molecule has 0 aliphatic heterocycles. The summed E-state index contributed by atoms with van der Waals surface area (Å²) in [5, 5.41) is 20.5. The van der Waals surface area contributed by atoms with Crippen LogP contribution < -0.4 is 0 Å². The fraction of sp³-hybridized carbons (Fsp3) is 0.375. The largest absolute Gasteiger partial charge is 0.388 e. The number of aliphatic hydroxyl groups is 1. The van der Waals surface area contributed by atoms with Gasteiger partial charge in [0, 0.05) is 13.2 Å². The molecule has 0 amide bonds. The Hall–Kier alpha value is -1.69. The third-order valence-corrected chi connectivity index (χ3v) is 2.09. The maximum atomic E-state index is 8.96. The lowest BCUT2D eigenvalue weighted by atomic mass is 10.4. The molecule has 0 radical (unpaired) electrons. The van der Waals surface area contributed by atoms with Gasteiger partial charge in [0.1, 0.15) is 12.9 Å². The molecule has 0 atom stereocenters. The van der Waals surface area contributed by atoms with Crippen molar-refractivity contribution in [3.63, 3.8) is 0 Å². The Kier molecular flexibility index (Phi) is 2.28. The average Bonchev–Trinajstić information content (AvgIpc) is 2.77. The summed E-state index contributed by atoms with van der Waals surface area (Å²) >= 11 is 0. The Labute approximate surface area is 80.8 Å². The van der Waals surface area contributed by atoms with Crippen LogP contribution in [0.2, 0.25) is 0 Å². The quantitative estimate of drug-likeness (QED) is 0.717. The first-order valence-electron chi connectivity index (χ1n) is 4.25. The minimum absolute atomic E-state index is 0.0994. The first-order chi connectivity index (χ1) is 6.81. The molecule has 74 valence electrons. The maximum absolute atomic E-state index is 8.96. The molecule has 1 N–H and O–H groups in total. The molecule has 0 aliphatic rings. The highest BCUT2D eigenvalue weighted by molar-refractivity contribution is 5.02. The van der Waals surface area contributed by atoms with E-state index in [4.69, 9.17) is 5.11 Å². The number of hydrogen-bond acceptors (Lipinski definition) is 4. The zero-order valence-electron chi connectivity index (χ0n) is 7.83. The zero-order chi connectivity index (χ0) is 9.97. The van der Waals surface area contributed by atoms with E-state index in [2.05, 4.69) is 15.3 Å². The van der Waals surface area contributed by atoms with Crippen LogP contribution in [0.5, 0.6) is 0 Å². The molecule has 2 heterocycles. The van der Waals surface area contributed by atoms with E-state index in [1.807, 2.05) is 13.1 Å². The van der Waals surface area contributed by atoms with Gasteiger partial charge in [-0.3, -0.25) is 4.68 Å². The van der Waals surface area contributed by atoms with Gasteiger partial charge in [-0.1, -0.05) is 0 Å². The molecule has 2 aromatic rings. The Bertz CT molecular complexity index is 419. The van der Waals surface area contributed by atoms with Crippen LogP contribution in [0.3, 0.4) is 0 Å². The van der Waals surface area contributed by atoms with Crippen molar-refractivity contribution >= 4 is 0 Å². The summed E-state index contributed by atoms with van der Waals surface area (Å²) in [6.45, 7) is 0.525. The summed E-state index contributed by atoms with van der Waals surface area (Å²) in [6.07, 6.45) is 3.33. The van der Waals surface area contributed by atoms with Crippen LogP contribution in [0.4, 0.5) is 0 Å². The minimum Gasteiger partial charge on any atom is -0.388 e. The fourth-order valence-electron chi connectivity index (χ4n) is 1.26. The second-order valence-electron chi connectivity index (χ2n) is 2.98. The first-order valence-corrected chi connectivity index (χ1v) is 4.25. The molecule has 6 nitrogen and oxygen atoms in total. The summed E-state index contributed by atoms with van der Waals surface area (Å²) in [5.41, 5.74) is 1.04. The number of aliphatic hydroxyl groups excluding tert-OH is 1. The molecule has 6 heteroatoms. The van der Waals surface area contributed by atoms with E-state index in [1.54, 1.807) is 21.8 Å². The van der Waals surface area contributed by atoms with Crippen LogP contribution in [-0.2, 0) is 20.2 Å². The molecule has 2 rings (SSSR count). The van der Waals surface area contributed by atoms with Crippen molar-refractivity contribution in [2.24, 2.45) is 7.05 Å². The van der Waals surface area contributed by atoms with E-state index < -0.39 is 0 Å². The van der Waals surface area contributed by atoms with E-state index in [0.717, 1.165) is 5.69 Å². The van der Waals surface area contributed by atoms with Gasteiger partial charge in [0.2, 0.25) is 0 Å². The second kappa shape index (κ2) is 3.59. The van der Waals surface area contributed by atoms with Gasteiger partial charge >= 0.3 is 0 Å².